The van der Waals surface area contributed by atoms with Crippen LogP contribution in [0.3, 0.4) is 0 Å². The van der Waals surface area contributed by atoms with Crippen LogP contribution in [0.25, 0.3) is 0 Å². The number of rotatable bonds is 8. The maximum Gasteiger partial charge on any atom is 0.336 e. The van der Waals surface area contributed by atoms with Gasteiger partial charge in [-0.25, -0.2) is 4.79 Å². The zero-order chi connectivity index (χ0) is 26.6. The second kappa shape index (κ2) is 10.8. The highest BCUT2D eigenvalue weighted by Gasteiger charge is 2.37. The van der Waals surface area contributed by atoms with Crippen LogP contribution in [-0.4, -0.2) is 36.1 Å². The molecular weight excluding hydrogens is 488 g/mol. The lowest BCUT2D eigenvalue weighted by Crippen LogP contribution is -2.38. The summed E-state index contributed by atoms with van der Waals surface area (Å²) in [5.41, 5.74) is 2.69. The van der Waals surface area contributed by atoms with E-state index in [0.29, 0.717) is 28.5 Å². The number of furan rings is 1. The second-order valence-electron chi connectivity index (χ2n) is 9.00. The number of carbonyl (C=O) groups is 3. The van der Waals surface area contributed by atoms with Crippen LogP contribution in [0.4, 0.5) is 0 Å². The van der Waals surface area contributed by atoms with Gasteiger partial charge in [0.1, 0.15) is 5.76 Å². The van der Waals surface area contributed by atoms with Gasteiger partial charge in [0, 0.05) is 24.6 Å². The van der Waals surface area contributed by atoms with Gasteiger partial charge in [-0.2, -0.15) is 0 Å². The molecule has 0 bridgehead atoms. The van der Waals surface area contributed by atoms with Gasteiger partial charge in [0.15, 0.2) is 17.3 Å². The Bertz CT molecular complexity index is 1390. The third-order valence-corrected chi connectivity index (χ3v) is 6.61. The third kappa shape index (κ3) is 5.13. The predicted octanol–water partition coefficient (Wildman–Crippen LogP) is 4.29. The minimum atomic E-state index is -0.445. The normalized spacial score (nSPS) is 16.5. The van der Waals surface area contributed by atoms with E-state index >= 15 is 0 Å². The summed E-state index contributed by atoms with van der Waals surface area (Å²) in [5, 5.41) is 2.82. The van der Waals surface area contributed by atoms with Gasteiger partial charge < -0.3 is 28.8 Å². The summed E-state index contributed by atoms with van der Waals surface area (Å²) in [4.78, 5) is 40.3. The molecule has 2 aromatic carbocycles. The number of allylic oxidation sites excluding steroid dienone is 1. The maximum atomic E-state index is 13.2. The van der Waals surface area contributed by atoms with Gasteiger partial charge >= 0.3 is 5.97 Å². The average molecular weight is 517 g/mol. The molecule has 2 aliphatic heterocycles. The lowest BCUT2D eigenvalue weighted by molar-refractivity contribution is -0.140. The number of fused-ring (bicyclic) bond motifs is 1. The third-order valence-electron chi connectivity index (χ3n) is 6.61. The maximum absolute atomic E-state index is 13.2. The number of carbonyl (C=O) groups excluding carboxylic acids is 3. The fourth-order valence-electron chi connectivity index (χ4n) is 4.71. The lowest BCUT2D eigenvalue weighted by atomic mass is 9.83. The van der Waals surface area contributed by atoms with Gasteiger partial charge in [0.25, 0.3) is 5.91 Å². The van der Waals surface area contributed by atoms with E-state index in [4.69, 9.17) is 18.6 Å². The summed E-state index contributed by atoms with van der Waals surface area (Å²) in [7, 11) is 0. The number of benzene rings is 2. The second-order valence-corrected chi connectivity index (χ2v) is 9.00. The van der Waals surface area contributed by atoms with E-state index < -0.39 is 11.9 Å². The summed E-state index contributed by atoms with van der Waals surface area (Å²) in [6.45, 7) is 4.27. The molecule has 38 heavy (non-hydrogen) atoms. The molecule has 1 aromatic heterocycles. The Morgan fingerprint density at radius 1 is 1.05 bits per heavy atom. The van der Waals surface area contributed by atoms with Gasteiger partial charge in [-0.1, -0.05) is 36.4 Å². The average Bonchev–Trinajstić information content (AvgIpc) is 3.59. The summed E-state index contributed by atoms with van der Waals surface area (Å²) >= 11 is 0. The molecule has 5 rings (SSSR count). The first-order valence-electron chi connectivity index (χ1n) is 12.4. The van der Waals surface area contributed by atoms with Crippen LogP contribution in [0.5, 0.6) is 11.5 Å². The summed E-state index contributed by atoms with van der Waals surface area (Å²) in [5.74, 6) is 0.494. The molecule has 0 aliphatic carbocycles. The molecule has 1 unspecified atom stereocenters. The van der Waals surface area contributed by atoms with Gasteiger partial charge in [-0.3, -0.25) is 9.59 Å². The molecule has 196 valence electrons. The Labute approximate surface area is 220 Å². The van der Waals surface area contributed by atoms with E-state index in [1.54, 1.807) is 32.0 Å². The van der Waals surface area contributed by atoms with Crippen molar-refractivity contribution in [3.8, 4) is 11.5 Å². The zero-order valence-electron chi connectivity index (χ0n) is 21.2. The van der Waals surface area contributed by atoms with Crippen molar-refractivity contribution in [2.75, 3.05) is 13.4 Å². The molecule has 2 amide bonds. The summed E-state index contributed by atoms with van der Waals surface area (Å²) < 4.78 is 21.8. The molecule has 3 heterocycles. The van der Waals surface area contributed by atoms with E-state index in [0.717, 1.165) is 11.1 Å². The first-order valence-corrected chi connectivity index (χ1v) is 12.4. The molecule has 1 N–H and O–H groups in total. The van der Waals surface area contributed by atoms with Gasteiger partial charge in [-0.05, 0) is 49.2 Å². The zero-order valence-corrected chi connectivity index (χ0v) is 21.2. The highest BCUT2D eigenvalue weighted by atomic mass is 16.7. The van der Waals surface area contributed by atoms with Crippen molar-refractivity contribution >= 4 is 17.8 Å². The highest BCUT2D eigenvalue weighted by molar-refractivity contribution is 5.96. The van der Waals surface area contributed by atoms with Crippen molar-refractivity contribution in [2.24, 2.45) is 0 Å². The standard InChI is InChI=1S/C29H28N2O7/c1-3-35-29(34)27-18(2)31(26(32)14-22(27)20-7-5-4-6-8-20)16-21-10-12-24(38-21)28(33)30-15-19-9-11-23-25(13-19)37-17-36-23/h4-13,22H,3,14-17H2,1-2H3,(H,30,33). The van der Waals surface area contributed by atoms with Crippen LogP contribution < -0.4 is 14.8 Å². The highest BCUT2D eigenvalue weighted by Crippen LogP contribution is 2.38. The van der Waals surface area contributed by atoms with E-state index in [2.05, 4.69) is 5.32 Å². The fraction of sp³-hybridized carbons (Fsp3) is 0.276. The van der Waals surface area contributed by atoms with E-state index in [1.807, 2.05) is 42.5 Å². The van der Waals surface area contributed by atoms with E-state index in [1.165, 1.54) is 4.90 Å². The number of hydrogen-bond donors (Lipinski definition) is 1. The van der Waals surface area contributed by atoms with Crippen LogP contribution in [0.2, 0.25) is 0 Å². The molecular formula is C29H28N2O7. The molecule has 0 saturated heterocycles. The smallest absolute Gasteiger partial charge is 0.336 e. The van der Waals surface area contributed by atoms with Crippen LogP contribution in [0.15, 0.2) is 76.4 Å². The first-order chi connectivity index (χ1) is 18.4. The topological polar surface area (TPSA) is 107 Å². The molecule has 9 nitrogen and oxygen atoms in total. The number of ether oxygens (including phenoxy) is 3. The molecule has 0 spiro atoms. The van der Waals surface area contributed by atoms with Crippen molar-refractivity contribution in [1.82, 2.24) is 10.2 Å². The predicted molar refractivity (Wildman–Crippen MR) is 136 cm³/mol. The van der Waals surface area contributed by atoms with Gasteiger partial charge in [-0.15, -0.1) is 0 Å². The Morgan fingerprint density at radius 2 is 1.84 bits per heavy atom. The lowest BCUT2D eigenvalue weighted by Gasteiger charge is -2.34. The molecule has 0 fully saturated rings. The first kappa shape index (κ1) is 25.1. The molecule has 1 atom stereocenters. The molecule has 2 aliphatic rings. The molecule has 3 aromatic rings. The van der Waals surface area contributed by atoms with Crippen LogP contribution in [0.1, 0.15) is 53.6 Å². The van der Waals surface area contributed by atoms with E-state index in [9.17, 15) is 14.4 Å². The molecule has 9 heteroatoms. The monoisotopic (exact) mass is 516 g/mol. The number of nitrogens with zero attached hydrogens (tertiary/aromatic N) is 1. The molecule has 0 radical (unpaired) electrons. The Hall–Kier alpha value is -4.53. The van der Waals surface area contributed by atoms with Crippen molar-refractivity contribution in [3.05, 3.63) is 94.6 Å². The van der Waals surface area contributed by atoms with Gasteiger partial charge in [0.2, 0.25) is 12.7 Å². The summed E-state index contributed by atoms with van der Waals surface area (Å²) in [6, 6.07) is 18.1. The SMILES string of the molecule is CCOC(=O)C1=C(C)N(Cc2ccc(C(=O)NCc3ccc4c(c3)OCO4)o2)C(=O)CC1c1ccccc1. The van der Waals surface area contributed by atoms with Crippen molar-refractivity contribution in [3.63, 3.8) is 0 Å². The number of hydrogen-bond acceptors (Lipinski definition) is 7. The van der Waals surface area contributed by atoms with Gasteiger partial charge in [0.05, 0.1) is 18.7 Å². The number of nitrogens with one attached hydrogen (secondary N) is 1. The fourth-order valence-corrected chi connectivity index (χ4v) is 4.71. The Morgan fingerprint density at radius 3 is 2.63 bits per heavy atom. The van der Waals surface area contributed by atoms with Crippen molar-refractivity contribution in [2.45, 2.75) is 39.3 Å². The minimum Gasteiger partial charge on any atom is -0.463 e. The largest absolute Gasteiger partial charge is 0.463 e. The van der Waals surface area contributed by atoms with E-state index in [-0.39, 0.29) is 50.5 Å². The van der Waals surface area contributed by atoms with Crippen molar-refractivity contribution < 1.29 is 33.0 Å². The molecule has 0 saturated carbocycles. The summed E-state index contributed by atoms with van der Waals surface area (Å²) in [6.07, 6.45) is 0.124. The van der Waals surface area contributed by atoms with Crippen LogP contribution >= 0.6 is 0 Å². The minimum absolute atomic E-state index is 0.0878. The number of esters is 1. The van der Waals surface area contributed by atoms with Crippen molar-refractivity contribution in [1.29, 1.82) is 0 Å². The Balaban J connectivity index is 1.30. The quantitative estimate of drug-likeness (QED) is 0.445. The van der Waals surface area contributed by atoms with Crippen LogP contribution in [0, 0.1) is 0 Å². The Kier molecular flexibility index (Phi) is 7.17. The van der Waals surface area contributed by atoms with Crippen LogP contribution in [-0.2, 0) is 27.4 Å². The number of amides is 2.